The summed E-state index contributed by atoms with van der Waals surface area (Å²) in [5.41, 5.74) is 4.99. The van der Waals surface area contributed by atoms with Gasteiger partial charge in [0.2, 0.25) is 0 Å². The third-order valence-electron chi connectivity index (χ3n) is 3.84. The van der Waals surface area contributed by atoms with Crippen LogP contribution in [0, 0.1) is 6.92 Å². The molecule has 3 heteroatoms. The molecule has 1 aromatic heterocycles. The van der Waals surface area contributed by atoms with Crippen molar-refractivity contribution < 1.29 is 9.90 Å². The Balaban J connectivity index is 2.30. The number of rotatable bonds is 5. The van der Waals surface area contributed by atoms with Gasteiger partial charge in [-0.3, -0.25) is 4.79 Å². The topological polar surface area (TPSA) is 42.2 Å². The second kappa shape index (κ2) is 5.95. The molecule has 0 spiro atoms. The molecule has 0 unspecified atom stereocenters. The van der Waals surface area contributed by atoms with Crippen LogP contribution in [0.25, 0.3) is 16.5 Å². The van der Waals surface area contributed by atoms with Crippen LogP contribution in [-0.4, -0.2) is 15.6 Å². The van der Waals surface area contributed by atoms with Crippen LogP contribution in [0.3, 0.4) is 0 Å². The predicted molar refractivity (Wildman–Crippen MR) is 82.8 cm³/mol. The number of aromatic nitrogens is 1. The minimum Gasteiger partial charge on any atom is -0.481 e. The molecule has 2 aromatic rings. The highest BCUT2D eigenvalue weighted by atomic mass is 16.4. The lowest BCUT2D eigenvalue weighted by Crippen LogP contribution is -1.93. The molecule has 0 fully saturated rings. The third kappa shape index (κ3) is 2.77. The number of para-hydroxylation sites is 1. The molecule has 1 heterocycles. The van der Waals surface area contributed by atoms with Crippen molar-refractivity contribution in [2.45, 2.75) is 33.1 Å². The van der Waals surface area contributed by atoms with E-state index < -0.39 is 5.97 Å². The van der Waals surface area contributed by atoms with E-state index in [-0.39, 0.29) is 6.42 Å². The first-order valence-electron chi connectivity index (χ1n) is 6.95. The van der Waals surface area contributed by atoms with Gasteiger partial charge in [0.05, 0.1) is 0 Å². The van der Waals surface area contributed by atoms with E-state index in [0.29, 0.717) is 6.42 Å². The number of fused-ring (bicyclic) bond motifs is 1. The third-order valence-corrected chi connectivity index (χ3v) is 3.84. The molecular weight excluding hydrogens is 250 g/mol. The summed E-state index contributed by atoms with van der Waals surface area (Å²) in [6.45, 7) is 4.24. The van der Waals surface area contributed by atoms with Crippen molar-refractivity contribution in [2.24, 2.45) is 7.05 Å². The van der Waals surface area contributed by atoms with E-state index in [4.69, 9.17) is 5.11 Å². The normalized spacial score (nSPS) is 12.1. The molecule has 0 amide bonds. The molecule has 106 valence electrons. The van der Waals surface area contributed by atoms with E-state index in [1.807, 2.05) is 0 Å². The van der Waals surface area contributed by atoms with E-state index in [9.17, 15) is 4.79 Å². The predicted octanol–water partition coefficient (Wildman–Crippen LogP) is 4.14. The lowest BCUT2D eigenvalue weighted by atomic mass is 10.0. The number of hydrogen-bond donors (Lipinski definition) is 1. The molecule has 0 atom stereocenters. The van der Waals surface area contributed by atoms with Crippen LogP contribution in [0.2, 0.25) is 0 Å². The van der Waals surface area contributed by atoms with E-state index in [0.717, 1.165) is 6.42 Å². The van der Waals surface area contributed by atoms with Crippen LogP contribution in [0.5, 0.6) is 0 Å². The first kappa shape index (κ1) is 14.4. The standard InChI is InChI=1S/C17H21NO2/c1-12(8-4-7-11-16(19)20)17-13(2)18(3)15-10-6-5-9-14(15)17/h5-6,8-10H,4,7,11H2,1-3H3,(H,19,20)/b12-8+. The molecule has 0 aliphatic rings. The highest BCUT2D eigenvalue weighted by Gasteiger charge is 2.12. The number of aliphatic carboxylic acids is 1. The molecule has 0 bridgehead atoms. The van der Waals surface area contributed by atoms with Crippen molar-refractivity contribution in [3.05, 3.63) is 41.6 Å². The van der Waals surface area contributed by atoms with Gasteiger partial charge < -0.3 is 9.67 Å². The number of carboxylic acid groups (broad SMARTS) is 1. The van der Waals surface area contributed by atoms with Crippen LogP contribution < -0.4 is 0 Å². The Kier molecular flexibility index (Phi) is 4.28. The van der Waals surface area contributed by atoms with E-state index in [1.165, 1.54) is 27.7 Å². The molecule has 0 aliphatic heterocycles. The zero-order chi connectivity index (χ0) is 14.7. The molecular formula is C17H21NO2. The van der Waals surface area contributed by atoms with Crippen molar-refractivity contribution in [2.75, 3.05) is 0 Å². The Morgan fingerprint density at radius 1 is 1.35 bits per heavy atom. The van der Waals surface area contributed by atoms with Crippen LogP contribution in [0.4, 0.5) is 0 Å². The quantitative estimate of drug-likeness (QED) is 0.830. The van der Waals surface area contributed by atoms with Gasteiger partial charge in [0.1, 0.15) is 0 Å². The minimum atomic E-state index is -0.725. The van der Waals surface area contributed by atoms with Gasteiger partial charge in [-0.2, -0.15) is 0 Å². The summed E-state index contributed by atoms with van der Waals surface area (Å²) in [6.07, 6.45) is 3.88. The highest BCUT2D eigenvalue weighted by molar-refractivity contribution is 5.94. The molecule has 3 nitrogen and oxygen atoms in total. The lowest BCUT2D eigenvalue weighted by Gasteiger charge is -2.03. The molecule has 0 saturated carbocycles. The van der Waals surface area contributed by atoms with Crippen LogP contribution in [-0.2, 0) is 11.8 Å². The minimum absolute atomic E-state index is 0.234. The van der Waals surface area contributed by atoms with Gasteiger partial charge in [-0.1, -0.05) is 24.3 Å². The molecule has 1 N–H and O–H groups in total. The number of aryl methyl sites for hydroxylation is 1. The van der Waals surface area contributed by atoms with Crippen molar-refractivity contribution in [1.82, 2.24) is 4.57 Å². The zero-order valence-electron chi connectivity index (χ0n) is 12.3. The maximum Gasteiger partial charge on any atom is 0.303 e. The maximum absolute atomic E-state index is 10.5. The van der Waals surface area contributed by atoms with Crippen LogP contribution in [0.15, 0.2) is 30.3 Å². The largest absolute Gasteiger partial charge is 0.481 e. The second-order valence-corrected chi connectivity index (χ2v) is 5.21. The first-order chi connectivity index (χ1) is 9.52. The average Bonchev–Trinajstić information content (AvgIpc) is 2.67. The molecule has 1 aromatic carbocycles. The van der Waals surface area contributed by atoms with Gasteiger partial charge in [0.15, 0.2) is 0 Å². The zero-order valence-corrected chi connectivity index (χ0v) is 12.3. The number of carboxylic acids is 1. The Bertz CT molecular complexity index is 665. The number of hydrogen-bond acceptors (Lipinski definition) is 1. The van der Waals surface area contributed by atoms with Gasteiger partial charge in [-0.05, 0) is 38.3 Å². The summed E-state index contributed by atoms with van der Waals surface area (Å²) in [7, 11) is 2.08. The summed E-state index contributed by atoms with van der Waals surface area (Å²) in [4.78, 5) is 10.5. The SMILES string of the molecule is C/C(=C\CCCC(=O)O)c1c(C)n(C)c2ccccc12. The molecule has 0 aliphatic carbocycles. The smallest absolute Gasteiger partial charge is 0.303 e. The van der Waals surface area contributed by atoms with Gasteiger partial charge >= 0.3 is 5.97 Å². The highest BCUT2D eigenvalue weighted by Crippen LogP contribution is 2.30. The van der Waals surface area contributed by atoms with Crippen molar-refractivity contribution in [3.63, 3.8) is 0 Å². The maximum atomic E-state index is 10.5. The fourth-order valence-corrected chi connectivity index (χ4v) is 2.69. The molecule has 20 heavy (non-hydrogen) atoms. The summed E-state index contributed by atoms with van der Waals surface area (Å²) in [5, 5.41) is 9.92. The molecule has 0 radical (unpaired) electrons. The average molecular weight is 271 g/mol. The van der Waals surface area contributed by atoms with E-state index in [1.54, 1.807) is 0 Å². The van der Waals surface area contributed by atoms with Crippen LogP contribution >= 0.6 is 0 Å². The summed E-state index contributed by atoms with van der Waals surface area (Å²) >= 11 is 0. The van der Waals surface area contributed by atoms with Gasteiger partial charge in [0.25, 0.3) is 0 Å². The molecule has 2 rings (SSSR count). The second-order valence-electron chi connectivity index (χ2n) is 5.21. The lowest BCUT2D eigenvalue weighted by molar-refractivity contribution is -0.137. The number of nitrogens with zero attached hydrogens (tertiary/aromatic N) is 1. The molecule has 0 saturated heterocycles. The van der Waals surface area contributed by atoms with Gasteiger partial charge in [-0.15, -0.1) is 0 Å². The Labute approximate surface area is 119 Å². The summed E-state index contributed by atoms with van der Waals surface area (Å²) in [6, 6.07) is 8.39. The van der Waals surface area contributed by atoms with E-state index in [2.05, 4.69) is 55.8 Å². The Morgan fingerprint density at radius 3 is 2.75 bits per heavy atom. The van der Waals surface area contributed by atoms with Crippen LogP contribution in [0.1, 0.15) is 37.4 Å². The van der Waals surface area contributed by atoms with Crippen molar-refractivity contribution in [3.8, 4) is 0 Å². The number of allylic oxidation sites excluding steroid dienone is 2. The summed E-state index contributed by atoms with van der Waals surface area (Å²) in [5.74, 6) is -0.725. The van der Waals surface area contributed by atoms with Crippen molar-refractivity contribution in [1.29, 1.82) is 0 Å². The monoisotopic (exact) mass is 271 g/mol. The van der Waals surface area contributed by atoms with Gasteiger partial charge in [-0.25, -0.2) is 0 Å². The fraction of sp³-hybridized carbons (Fsp3) is 0.353. The first-order valence-corrected chi connectivity index (χ1v) is 6.95. The Morgan fingerprint density at radius 2 is 2.05 bits per heavy atom. The van der Waals surface area contributed by atoms with Gasteiger partial charge in [0, 0.05) is 35.6 Å². The van der Waals surface area contributed by atoms with Crippen molar-refractivity contribution >= 4 is 22.4 Å². The number of benzene rings is 1. The summed E-state index contributed by atoms with van der Waals surface area (Å²) < 4.78 is 2.21. The number of unbranched alkanes of at least 4 members (excludes halogenated alkanes) is 1. The van der Waals surface area contributed by atoms with E-state index >= 15 is 0 Å². The fourth-order valence-electron chi connectivity index (χ4n) is 2.69. The Hall–Kier alpha value is -2.03. The number of carbonyl (C=O) groups is 1.